The molecule has 2 aromatic heterocycles. The SMILES string of the molecule is Cc1ccc(Oc2ccnc(C(=O)N[C@@H]3COc4ccc(C#CC(C)(C)O)cc4N(C)C3=O)c2)cn1. The van der Waals surface area contributed by atoms with E-state index in [-0.39, 0.29) is 18.2 Å². The van der Waals surface area contributed by atoms with E-state index in [9.17, 15) is 14.7 Å². The molecule has 1 aliphatic heterocycles. The molecule has 3 heterocycles. The zero-order chi connectivity index (χ0) is 25.9. The fourth-order valence-electron chi connectivity index (χ4n) is 3.39. The molecule has 36 heavy (non-hydrogen) atoms. The molecule has 0 aliphatic carbocycles. The summed E-state index contributed by atoms with van der Waals surface area (Å²) in [5.74, 6) is 6.16. The van der Waals surface area contributed by atoms with Gasteiger partial charge in [-0.3, -0.25) is 19.6 Å². The van der Waals surface area contributed by atoms with Gasteiger partial charge in [0.2, 0.25) is 0 Å². The van der Waals surface area contributed by atoms with Crippen molar-refractivity contribution in [2.75, 3.05) is 18.6 Å². The van der Waals surface area contributed by atoms with Gasteiger partial charge in [0.15, 0.2) is 0 Å². The number of aromatic nitrogens is 2. The third kappa shape index (κ3) is 5.98. The Labute approximate surface area is 209 Å². The highest BCUT2D eigenvalue weighted by Crippen LogP contribution is 2.31. The number of ether oxygens (including phenoxy) is 2. The summed E-state index contributed by atoms with van der Waals surface area (Å²) in [6.45, 7) is 5.00. The minimum absolute atomic E-state index is 0.0537. The van der Waals surface area contributed by atoms with E-state index in [1.807, 2.05) is 13.0 Å². The topological polar surface area (TPSA) is 114 Å². The van der Waals surface area contributed by atoms with E-state index in [1.54, 1.807) is 57.4 Å². The van der Waals surface area contributed by atoms with Gasteiger partial charge in [0.05, 0.1) is 11.9 Å². The van der Waals surface area contributed by atoms with E-state index in [2.05, 4.69) is 27.1 Å². The molecule has 2 N–H and O–H groups in total. The van der Waals surface area contributed by atoms with Crippen molar-refractivity contribution in [3.63, 3.8) is 0 Å². The van der Waals surface area contributed by atoms with Crippen LogP contribution in [0.1, 0.15) is 35.6 Å². The average molecular weight is 487 g/mol. The average Bonchev–Trinajstić information content (AvgIpc) is 2.96. The third-order valence-electron chi connectivity index (χ3n) is 5.26. The maximum absolute atomic E-state index is 13.1. The largest absolute Gasteiger partial charge is 0.489 e. The molecule has 0 unspecified atom stereocenters. The van der Waals surface area contributed by atoms with Crippen LogP contribution in [0.3, 0.4) is 0 Å². The standard InChI is InChI=1S/C27H26N4O5/c1-17-5-7-20(15-29-17)36-19-10-12-28-21(14-19)25(32)30-22-16-35-24-8-6-18(9-11-27(2,3)34)13-23(24)31(4)26(22)33/h5-8,10,12-15,22,34H,16H2,1-4H3,(H,30,32)/t22-/m1/s1. The molecule has 1 aromatic carbocycles. The number of carbonyl (C=O) groups excluding carboxylic acids is 2. The predicted octanol–water partition coefficient (Wildman–Crippen LogP) is 2.85. The van der Waals surface area contributed by atoms with Gasteiger partial charge in [-0.2, -0.15) is 0 Å². The number of aryl methyl sites for hydroxylation is 1. The lowest BCUT2D eigenvalue weighted by Gasteiger charge is -2.20. The van der Waals surface area contributed by atoms with Gasteiger partial charge in [0, 0.05) is 30.6 Å². The molecule has 0 fully saturated rings. The number of benzene rings is 1. The van der Waals surface area contributed by atoms with Gasteiger partial charge in [-0.05, 0) is 57.2 Å². The van der Waals surface area contributed by atoms with E-state index in [0.29, 0.717) is 28.5 Å². The summed E-state index contributed by atoms with van der Waals surface area (Å²) >= 11 is 0. The van der Waals surface area contributed by atoms with Crippen molar-refractivity contribution in [2.24, 2.45) is 0 Å². The van der Waals surface area contributed by atoms with Crippen LogP contribution in [0.2, 0.25) is 0 Å². The number of amides is 2. The number of anilines is 1. The van der Waals surface area contributed by atoms with Gasteiger partial charge in [0.1, 0.15) is 41.2 Å². The Hall–Kier alpha value is -4.42. The summed E-state index contributed by atoms with van der Waals surface area (Å²) in [5, 5.41) is 12.6. The van der Waals surface area contributed by atoms with Crippen molar-refractivity contribution in [1.29, 1.82) is 0 Å². The first-order valence-electron chi connectivity index (χ1n) is 11.3. The first-order valence-corrected chi connectivity index (χ1v) is 11.3. The number of likely N-dealkylation sites (N-methyl/N-ethyl adjacent to an activating group) is 1. The minimum atomic E-state index is -1.15. The van der Waals surface area contributed by atoms with Crippen molar-refractivity contribution in [3.8, 4) is 29.1 Å². The highest BCUT2D eigenvalue weighted by Gasteiger charge is 2.31. The van der Waals surface area contributed by atoms with Crippen molar-refractivity contribution < 1.29 is 24.2 Å². The van der Waals surface area contributed by atoms with E-state index in [0.717, 1.165) is 5.69 Å². The van der Waals surface area contributed by atoms with Gasteiger partial charge in [-0.15, -0.1) is 0 Å². The Balaban J connectivity index is 1.48. The van der Waals surface area contributed by atoms with Gasteiger partial charge in [0.25, 0.3) is 11.8 Å². The van der Waals surface area contributed by atoms with Crippen molar-refractivity contribution >= 4 is 17.5 Å². The molecule has 9 heteroatoms. The number of rotatable bonds is 4. The highest BCUT2D eigenvalue weighted by atomic mass is 16.5. The van der Waals surface area contributed by atoms with Crippen molar-refractivity contribution in [1.82, 2.24) is 15.3 Å². The van der Waals surface area contributed by atoms with E-state index in [1.165, 1.54) is 17.2 Å². The highest BCUT2D eigenvalue weighted by molar-refractivity contribution is 6.03. The molecule has 3 aromatic rings. The summed E-state index contributed by atoms with van der Waals surface area (Å²) in [7, 11) is 1.60. The summed E-state index contributed by atoms with van der Waals surface area (Å²) in [5.41, 5.74) is 0.936. The molecule has 1 aliphatic rings. The predicted molar refractivity (Wildman–Crippen MR) is 133 cm³/mol. The molecule has 0 saturated heterocycles. The van der Waals surface area contributed by atoms with Gasteiger partial charge in [-0.25, -0.2) is 0 Å². The second-order valence-corrected chi connectivity index (χ2v) is 8.84. The summed E-state index contributed by atoms with van der Waals surface area (Å²) in [4.78, 5) is 35.8. The van der Waals surface area contributed by atoms with Crippen LogP contribution in [0.15, 0.2) is 54.9 Å². The molecule has 0 radical (unpaired) electrons. The van der Waals surface area contributed by atoms with Crippen LogP contribution in [0, 0.1) is 18.8 Å². The molecule has 0 bridgehead atoms. The number of carbonyl (C=O) groups is 2. The van der Waals surface area contributed by atoms with E-state index < -0.39 is 17.6 Å². The Kier molecular flexibility index (Phi) is 6.90. The Morgan fingerprint density at radius 2 is 2.00 bits per heavy atom. The van der Waals surface area contributed by atoms with Crippen LogP contribution in [-0.2, 0) is 4.79 Å². The Morgan fingerprint density at radius 1 is 1.19 bits per heavy atom. The molecule has 0 spiro atoms. The lowest BCUT2D eigenvalue weighted by Crippen LogP contribution is -2.49. The second-order valence-electron chi connectivity index (χ2n) is 8.84. The van der Waals surface area contributed by atoms with E-state index >= 15 is 0 Å². The number of fused-ring (bicyclic) bond motifs is 1. The van der Waals surface area contributed by atoms with Gasteiger partial charge in [-0.1, -0.05) is 11.8 Å². The maximum atomic E-state index is 13.1. The first-order chi connectivity index (χ1) is 17.1. The normalized spacial score (nSPS) is 15.1. The second kappa shape index (κ2) is 10.1. The smallest absolute Gasteiger partial charge is 0.270 e. The number of hydrogen-bond acceptors (Lipinski definition) is 7. The van der Waals surface area contributed by atoms with Crippen molar-refractivity contribution in [2.45, 2.75) is 32.4 Å². The lowest BCUT2D eigenvalue weighted by atomic mass is 10.1. The molecule has 1 atom stereocenters. The summed E-state index contributed by atoms with van der Waals surface area (Å²) in [6, 6.07) is 10.9. The van der Waals surface area contributed by atoms with Crippen LogP contribution in [0.5, 0.6) is 17.2 Å². The van der Waals surface area contributed by atoms with E-state index in [4.69, 9.17) is 9.47 Å². The molecule has 9 nitrogen and oxygen atoms in total. The number of pyridine rings is 2. The third-order valence-corrected chi connectivity index (χ3v) is 5.26. The number of nitrogens with zero attached hydrogens (tertiary/aromatic N) is 3. The fraction of sp³-hybridized carbons (Fsp3) is 0.259. The van der Waals surface area contributed by atoms with Crippen LogP contribution in [-0.4, -0.2) is 52.2 Å². The van der Waals surface area contributed by atoms with Crippen LogP contribution in [0.4, 0.5) is 5.69 Å². The zero-order valence-corrected chi connectivity index (χ0v) is 20.4. The Morgan fingerprint density at radius 3 is 2.72 bits per heavy atom. The monoisotopic (exact) mass is 486 g/mol. The Bertz CT molecular complexity index is 1350. The molecule has 4 rings (SSSR count). The molecular formula is C27H26N4O5. The zero-order valence-electron chi connectivity index (χ0n) is 20.4. The van der Waals surface area contributed by atoms with Gasteiger partial charge < -0.3 is 24.8 Å². The molecule has 2 amide bonds. The number of aliphatic hydroxyl groups is 1. The number of hydrogen-bond donors (Lipinski definition) is 2. The van der Waals surface area contributed by atoms with Crippen LogP contribution >= 0.6 is 0 Å². The lowest BCUT2D eigenvalue weighted by molar-refractivity contribution is -0.120. The minimum Gasteiger partial charge on any atom is -0.489 e. The fourth-order valence-corrected chi connectivity index (χ4v) is 3.39. The molecular weight excluding hydrogens is 460 g/mol. The maximum Gasteiger partial charge on any atom is 0.270 e. The van der Waals surface area contributed by atoms with Crippen LogP contribution in [0.25, 0.3) is 0 Å². The quantitative estimate of drug-likeness (QED) is 0.545. The first kappa shape index (κ1) is 24.7. The molecule has 0 saturated carbocycles. The summed E-state index contributed by atoms with van der Waals surface area (Å²) in [6.07, 6.45) is 3.04. The summed E-state index contributed by atoms with van der Waals surface area (Å²) < 4.78 is 11.6. The van der Waals surface area contributed by atoms with Crippen molar-refractivity contribution in [3.05, 3.63) is 71.8 Å². The molecule has 184 valence electrons. The number of nitrogens with one attached hydrogen (secondary N) is 1. The van der Waals surface area contributed by atoms with Gasteiger partial charge >= 0.3 is 0 Å². The van der Waals surface area contributed by atoms with Crippen LogP contribution < -0.4 is 19.7 Å².